The molecule has 152 valence electrons. The SMILES string of the molecule is CCCCC(CCO)n1c(=O)n(C23CC4CC(CC2C4)C3)c(=O)c2[nH]cnc21. The second-order valence-electron chi connectivity index (χ2n) is 9.35. The van der Waals surface area contributed by atoms with Gasteiger partial charge in [0.15, 0.2) is 5.65 Å². The average Bonchev–Trinajstić information content (AvgIpc) is 3.30. The fourth-order valence-electron chi connectivity index (χ4n) is 6.86. The summed E-state index contributed by atoms with van der Waals surface area (Å²) in [5.41, 5.74) is 0.138. The second kappa shape index (κ2) is 6.58. The monoisotopic (exact) mass is 386 g/mol. The molecule has 3 unspecified atom stereocenters. The zero-order valence-corrected chi connectivity index (χ0v) is 16.6. The molecule has 2 heterocycles. The molecule has 0 spiro atoms. The highest BCUT2D eigenvalue weighted by molar-refractivity contribution is 5.69. The summed E-state index contributed by atoms with van der Waals surface area (Å²) in [7, 11) is 0. The van der Waals surface area contributed by atoms with Crippen LogP contribution in [0.5, 0.6) is 0 Å². The van der Waals surface area contributed by atoms with Crippen molar-refractivity contribution in [2.24, 2.45) is 17.8 Å². The summed E-state index contributed by atoms with van der Waals surface area (Å²) in [4.78, 5) is 34.6. The van der Waals surface area contributed by atoms with Crippen molar-refractivity contribution in [2.75, 3.05) is 6.61 Å². The molecule has 0 aliphatic heterocycles. The van der Waals surface area contributed by atoms with Crippen LogP contribution in [0.15, 0.2) is 15.9 Å². The molecule has 4 aliphatic rings. The highest BCUT2D eigenvalue weighted by Crippen LogP contribution is 2.63. The van der Waals surface area contributed by atoms with Gasteiger partial charge in [0, 0.05) is 12.6 Å². The smallest absolute Gasteiger partial charge is 0.333 e. The van der Waals surface area contributed by atoms with E-state index in [0.717, 1.165) is 44.9 Å². The van der Waals surface area contributed by atoms with E-state index < -0.39 is 0 Å². The van der Waals surface area contributed by atoms with E-state index in [-0.39, 0.29) is 29.4 Å². The summed E-state index contributed by atoms with van der Waals surface area (Å²) >= 11 is 0. The van der Waals surface area contributed by atoms with Crippen molar-refractivity contribution in [3.63, 3.8) is 0 Å². The molecule has 4 fully saturated rings. The van der Waals surface area contributed by atoms with Gasteiger partial charge in [-0.1, -0.05) is 19.8 Å². The minimum Gasteiger partial charge on any atom is -0.396 e. The van der Waals surface area contributed by atoms with E-state index in [9.17, 15) is 14.7 Å². The van der Waals surface area contributed by atoms with Gasteiger partial charge < -0.3 is 10.1 Å². The Hall–Kier alpha value is -1.89. The Kier molecular flexibility index (Phi) is 4.27. The first kappa shape index (κ1) is 18.2. The topological polar surface area (TPSA) is 92.9 Å². The largest absolute Gasteiger partial charge is 0.396 e. The standard InChI is InChI=1S/C21H30N4O3/c1-2-3-4-16(5-6-26)24-18-17(22-12-23-18)19(27)25(20(24)28)21-10-13-7-14(11-21)9-15(21)8-13/h12-16,26H,2-11H2,1H3,(H,22,23). The molecule has 0 aromatic carbocycles. The predicted molar refractivity (Wildman–Crippen MR) is 106 cm³/mol. The van der Waals surface area contributed by atoms with Crippen LogP contribution in [0.1, 0.15) is 70.8 Å². The van der Waals surface area contributed by atoms with Crippen LogP contribution < -0.4 is 11.2 Å². The Balaban J connectivity index is 1.73. The number of aromatic nitrogens is 4. The lowest BCUT2D eigenvalue weighted by molar-refractivity contribution is 0.184. The molecule has 7 heteroatoms. The number of nitrogens with one attached hydrogen (secondary N) is 1. The van der Waals surface area contributed by atoms with Crippen molar-refractivity contribution in [3.8, 4) is 0 Å². The summed E-state index contributed by atoms with van der Waals surface area (Å²) in [5, 5.41) is 9.62. The Morgan fingerprint density at radius 2 is 2.00 bits per heavy atom. The molecule has 4 aliphatic carbocycles. The lowest BCUT2D eigenvalue weighted by Crippen LogP contribution is -2.53. The molecule has 2 aromatic rings. The lowest BCUT2D eigenvalue weighted by atomic mass is 9.80. The molecule has 28 heavy (non-hydrogen) atoms. The van der Waals surface area contributed by atoms with Gasteiger partial charge in [-0.15, -0.1) is 0 Å². The molecule has 0 amide bonds. The maximum atomic E-state index is 13.8. The molecule has 4 bridgehead atoms. The number of rotatable bonds is 7. The molecule has 0 radical (unpaired) electrons. The molecule has 0 saturated heterocycles. The van der Waals surface area contributed by atoms with Crippen LogP contribution in [-0.2, 0) is 5.54 Å². The number of hydrogen-bond donors (Lipinski definition) is 2. The van der Waals surface area contributed by atoms with Crippen molar-refractivity contribution < 1.29 is 5.11 Å². The molecule has 6 rings (SSSR count). The number of aliphatic hydroxyl groups is 1. The molecule has 2 aromatic heterocycles. The van der Waals surface area contributed by atoms with E-state index in [1.807, 2.05) is 0 Å². The third kappa shape index (κ3) is 2.41. The zero-order valence-electron chi connectivity index (χ0n) is 16.6. The van der Waals surface area contributed by atoms with Crippen LogP contribution in [0.25, 0.3) is 11.2 Å². The number of aliphatic hydroxyl groups excluding tert-OH is 1. The summed E-state index contributed by atoms with van der Waals surface area (Å²) in [5.74, 6) is 1.76. The summed E-state index contributed by atoms with van der Waals surface area (Å²) in [6.07, 6.45) is 10.3. The van der Waals surface area contributed by atoms with Crippen molar-refractivity contribution in [3.05, 3.63) is 27.2 Å². The highest BCUT2D eigenvalue weighted by Gasteiger charge is 2.60. The van der Waals surface area contributed by atoms with Crippen molar-refractivity contribution in [1.82, 2.24) is 19.1 Å². The van der Waals surface area contributed by atoms with Crippen molar-refractivity contribution >= 4 is 11.2 Å². The summed E-state index contributed by atoms with van der Waals surface area (Å²) < 4.78 is 3.33. The normalized spacial score (nSPS) is 31.9. The van der Waals surface area contributed by atoms with Gasteiger partial charge in [0.1, 0.15) is 5.52 Å². The fraction of sp³-hybridized carbons (Fsp3) is 0.762. The van der Waals surface area contributed by atoms with E-state index in [1.165, 1.54) is 12.7 Å². The first-order chi connectivity index (χ1) is 13.6. The van der Waals surface area contributed by atoms with Crippen LogP contribution in [0.2, 0.25) is 0 Å². The first-order valence-corrected chi connectivity index (χ1v) is 10.9. The first-order valence-electron chi connectivity index (χ1n) is 10.9. The molecular formula is C21H30N4O3. The summed E-state index contributed by atoms with van der Waals surface area (Å²) in [6, 6.07) is -0.137. The van der Waals surface area contributed by atoms with Crippen LogP contribution in [-0.4, -0.2) is 30.8 Å². The third-order valence-electron chi connectivity index (χ3n) is 7.77. The van der Waals surface area contributed by atoms with Crippen LogP contribution >= 0.6 is 0 Å². The lowest BCUT2D eigenvalue weighted by Gasteiger charge is -2.35. The maximum absolute atomic E-state index is 13.8. The van der Waals surface area contributed by atoms with Gasteiger partial charge in [-0.25, -0.2) is 9.78 Å². The number of H-pyrrole nitrogens is 1. The van der Waals surface area contributed by atoms with E-state index in [1.54, 1.807) is 9.13 Å². The van der Waals surface area contributed by atoms with Gasteiger partial charge in [0.05, 0.1) is 11.9 Å². The van der Waals surface area contributed by atoms with Gasteiger partial charge in [-0.3, -0.25) is 13.9 Å². The van der Waals surface area contributed by atoms with Crippen molar-refractivity contribution in [1.29, 1.82) is 0 Å². The Morgan fingerprint density at radius 3 is 2.68 bits per heavy atom. The van der Waals surface area contributed by atoms with Gasteiger partial charge in [-0.05, 0) is 62.7 Å². The Bertz CT molecular complexity index is 989. The highest BCUT2D eigenvalue weighted by atomic mass is 16.3. The number of aromatic amines is 1. The van der Waals surface area contributed by atoms with Gasteiger partial charge >= 0.3 is 5.69 Å². The number of hydrogen-bond acceptors (Lipinski definition) is 4. The predicted octanol–water partition coefficient (Wildman–Crippen LogP) is 2.54. The van der Waals surface area contributed by atoms with E-state index >= 15 is 0 Å². The van der Waals surface area contributed by atoms with Crippen molar-refractivity contribution in [2.45, 2.75) is 76.3 Å². The van der Waals surface area contributed by atoms with Crippen LogP contribution in [0.4, 0.5) is 0 Å². The minimum atomic E-state index is -0.308. The van der Waals surface area contributed by atoms with Crippen LogP contribution in [0, 0.1) is 17.8 Å². The van der Waals surface area contributed by atoms with Gasteiger partial charge in [0.25, 0.3) is 5.56 Å². The number of unbranched alkanes of at least 4 members (excludes halogenated alkanes) is 1. The Labute approximate surface area is 163 Å². The maximum Gasteiger partial charge on any atom is 0.333 e. The number of fused-ring (bicyclic) bond motifs is 1. The van der Waals surface area contributed by atoms with Gasteiger partial charge in [0.2, 0.25) is 0 Å². The minimum absolute atomic E-state index is 0.0176. The summed E-state index contributed by atoms with van der Waals surface area (Å²) in [6.45, 7) is 2.14. The molecular weight excluding hydrogens is 356 g/mol. The van der Waals surface area contributed by atoms with E-state index in [0.29, 0.717) is 35.3 Å². The van der Waals surface area contributed by atoms with Gasteiger partial charge in [-0.2, -0.15) is 0 Å². The molecule has 3 atom stereocenters. The fourth-order valence-corrected chi connectivity index (χ4v) is 6.86. The molecule has 4 saturated carbocycles. The number of imidazole rings is 1. The Morgan fingerprint density at radius 1 is 1.25 bits per heavy atom. The van der Waals surface area contributed by atoms with E-state index in [2.05, 4.69) is 16.9 Å². The third-order valence-corrected chi connectivity index (χ3v) is 7.77. The number of nitrogens with zero attached hydrogens (tertiary/aromatic N) is 3. The van der Waals surface area contributed by atoms with Crippen LogP contribution in [0.3, 0.4) is 0 Å². The average molecular weight is 386 g/mol. The molecule has 7 nitrogen and oxygen atoms in total. The second-order valence-corrected chi connectivity index (χ2v) is 9.35. The van der Waals surface area contributed by atoms with E-state index in [4.69, 9.17) is 0 Å². The molecule has 2 N–H and O–H groups in total. The quantitative estimate of drug-likeness (QED) is 0.765. The zero-order chi connectivity index (χ0) is 19.5.